The van der Waals surface area contributed by atoms with E-state index < -0.39 is 7.37 Å². The first-order chi connectivity index (χ1) is 8.77. The smallest absolute Gasteiger partial charge is 0.261 e. The second-order valence-electron chi connectivity index (χ2n) is 4.06. The van der Waals surface area contributed by atoms with Gasteiger partial charge in [-0.05, 0) is 30.7 Å². The fourth-order valence-electron chi connectivity index (χ4n) is 1.77. The van der Waals surface area contributed by atoms with Crippen LogP contribution >= 0.6 is 7.37 Å². The highest BCUT2D eigenvalue weighted by atomic mass is 31.2. The number of hydrogen-bond donors (Lipinski definition) is 0. The van der Waals surface area contributed by atoms with Crippen LogP contribution in [-0.2, 0) is 9.09 Å². The van der Waals surface area contributed by atoms with Crippen molar-refractivity contribution in [2.45, 2.75) is 13.3 Å². The van der Waals surface area contributed by atoms with Crippen molar-refractivity contribution >= 4 is 18.0 Å². The molecule has 2 aromatic carbocycles. The van der Waals surface area contributed by atoms with E-state index in [1.54, 1.807) is 0 Å². The summed E-state index contributed by atoms with van der Waals surface area (Å²) in [4.78, 5) is 0. The molecule has 0 fully saturated rings. The summed E-state index contributed by atoms with van der Waals surface area (Å²) in [5.41, 5.74) is 0. The van der Waals surface area contributed by atoms with Crippen LogP contribution in [0, 0.1) is 0 Å². The van der Waals surface area contributed by atoms with Crippen molar-refractivity contribution in [2.75, 3.05) is 6.61 Å². The van der Waals surface area contributed by atoms with Gasteiger partial charge in [-0.3, -0.25) is 4.57 Å². The standard InChI is InChI=1S/C15H17O2P/c1-2-13-17-18(16,14-9-5-3-6-10-14)15-11-7-4-8-12-15/h3-12H,2,13H2,1H3. The lowest BCUT2D eigenvalue weighted by Gasteiger charge is -2.18. The summed E-state index contributed by atoms with van der Waals surface area (Å²) in [6.07, 6.45) is 0.851. The van der Waals surface area contributed by atoms with Gasteiger partial charge in [-0.1, -0.05) is 43.3 Å². The Morgan fingerprint density at radius 2 is 1.33 bits per heavy atom. The van der Waals surface area contributed by atoms with E-state index >= 15 is 0 Å². The average molecular weight is 260 g/mol. The van der Waals surface area contributed by atoms with Crippen LogP contribution in [0.5, 0.6) is 0 Å². The zero-order valence-corrected chi connectivity index (χ0v) is 11.3. The first-order valence-corrected chi connectivity index (χ1v) is 7.75. The summed E-state index contributed by atoms with van der Waals surface area (Å²) in [6.45, 7) is 2.52. The molecule has 0 unspecified atom stereocenters. The van der Waals surface area contributed by atoms with E-state index in [9.17, 15) is 4.57 Å². The lowest BCUT2D eigenvalue weighted by molar-refractivity contribution is 0.326. The van der Waals surface area contributed by atoms with Gasteiger partial charge in [0, 0.05) is 10.6 Å². The minimum absolute atomic E-state index is 0.501. The minimum Gasteiger partial charge on any atom is -0.322 e. The lowest BCUT2D eigenvalue weighted by Crippen LogP contribution is -2.18. The third kappa shape index (κ3) is 2.72. The van der Waals surface area contributed by atoms with Crippen LogP contribution in [0.2, 0.25) is 0 Å². The van der Waals surface area contributed by atoms with Gasteiger partial charge in [0.05, 0.1) is 6.61 Å². The molecule has 0 spiro atoms. The fraction of sp³-hybridized carbons (Fsp3) is 0.200. The van der Waals surface area contributed by atoms with Gasteiger partial charge in [0.25, 0.3) is 7.37 Å². The van der Waals surface area contributed by atoms with Gasteiger partial charge in [0.2, 0.25) is 0 Å². The highest BCUT2D eigenvalue weighted by molar-refractivity contribution is 7.74. The van der Waals surface area contributed by atoms with Crippen LogP contribution in [0.25, 0.3) is 0 Å². The van der Waals surface area contributed by atoms with Gasteiger partial charge in [0.1, 0.15) is 0 Å². The van der Waals surface area contributed by atoms with Gasteiger partial charge >= 0.3 is 0 Å². The van der Waals surface area contributed by atoms with E-state index in [1.165, 1.54) is 0 Å². The number of hydrogen-bond acceptors (Lipinski definition) is 2. The maximum absolute atomic E-state index is 13.2. The number of rotatable bonds is 5. The molecule has 0 radical (unpaired) electrons. The molecule has 0 heterocycles. The van der Waals surface area contributed by atoms with Crippen LogP contribution < -0.4 is 10.6 Å². The Labute approximate surface area is 108 Å². The van der Waals surface area contributed by atoms with Gasteiger partial charge in [-0.25, -0.2) is 0 Å². The molecule has 0 aliphatic carbocycles. The first-order valence-electron chi connectivity index (χ1n) is 6.13. The average Bonchev–Trinajstić information content (AvgIpc) is 2.46. The van der Waals surface area contributed by atoms with Gasteiger partial charge < -0.3 is 4.52 Å². The van der Waals surface area contributed by atoms with Crippen LogP contribution in [0.15, 0.2) is 60.7 Å². The van der Waals surface area contributed by atoms with Gasteiger partial charge in [0.15, 0.2) is 0 Å². The normalized spacial score (nSPS) is 11.4. The Morgan fingerprint density at radius 3 is 1.72 bits per heavy atom. The van der Waals surface area contributed by atoms with Crippen molar-refractivity contribution in [3.05, 3.63) is 60.7 Å². The van der Waals surface area contributed by atoms with E-state index in [2.05, 4.69) is 0 Å². The molecule has 2 aromatic rings. The Bertz CT molecular complexity index is 479. The van der Waals surface area contributed by atoms with Crippen molar-refractivity contribution in [3.63, 3.8) is 0 Å². The highest BCUT2D eigenvalue weighted by Gasteiger charge is 2.27. The quantitative estimate of drug-likeness (QED) is 0.771. The molecular formula is C15H17O2P. The second kappa shape index (κ2) is 5.99. The maximum atomic E-state index is 13.2. The van der Waals surface area contributed by atoms with E-state index in [0.717, 1.165) is 17.0 Å². The molecule has 0 aliphatic heterocycles. The predicted molar refractivity (Wildman–Crippen MR) is 76.0 cm³/mol. The molecule has 0 amide bonds. The van der Waals surface area contributed by atoms with Crippen molar-refractivity contribution in [1.82, 2.24) is 0 Å². The van der Waals surface area contributed by atoms with Crippen LogP contribution in [0.1, 0.15) is 13.3 Å². The molecular weight excluding hydrogens is 243 g/mol. The molecule has 2 nitrogen and oxygen atoms in total. The summed E-state index contributed by atoms with van der Waals surface area (Å²) in [6, 6.07) is 18.8. The van der Waals surface area contributed by atoms with Crippen molar-refractivity contribution in [2.24, 2.45) is 0 Å². The summed E-state index contributed by atoms with van der Waals surface area (Å²) < 4.78 is 18.9. The fourth-order valence-corrected chi connectivity index (χ4v) is 3.93. The van der Waals surface area contributed by atoms with Crippen molar-refractivity contribution in [3.8, 4) is 0 Å². The van der Waals surface area contributed by atoms with Crippen LogP contribution in [0.3, 0.4) is 0 Å². The summed E-state index contributed by atoms with van der Waals surface area (Å²) >= 11 is 0. The molecule has 0 saturated heterocycles. The summed E-state index contributed by atoms with van der Waals surface area (Å²) in [5, 5.41) is 1.51. The van der Waals surface area contributed by atoms with E-state index in [-0.39, 0.29) is 0 Å². The van der Waals surface area contributed by atoms with Gasteiger partial charge in [-0.15, -0.1) is 0 Å². The molecule has 0 atom stereocenters. The van der Waals surface area contributed by atoms with Crippen molar-refractivity contribution in [1.29, 1.82) is 0 Å². The Morgan fingerprint density at radius 1 is 0.889 bits per heavy atom. The molecule has 2 rings (SSSR count). The molecule has 0 bridgehead atoms. The molecule has 0 N–H and O–H groups in total. The molecule has 0 saturated carbocycles. The zero-order chi connectivity index (χ0) is 12.8. The monoisotopic (exact) mass is 260 g/mol. The Balaban J connectivity index is 2.45. The summed E-state index contributed by atoms with van der Waals surface area (Å²) in [5.74, 6) is 0. The van der Waals surface area contributed by atoms with Crippen LogP contribution in [0.4, 0.5) is 0 Å². The molecule has 18 heavy (non-hydrogen) atoms. The second-order valence-corrected chi connectivity index (χ2v) is 6.45. The van der Waals surface area contributed by atoms with Gasteiger partial charge in [-0.2, -0.15) is 0 Å². The highest BCUT2D eigenvalue weighted by Crippen LogP contribution is 2.44. The minimum atomic E-state index is -2.94. The topological polar surface area (TPSA) is 26.3 Å². The Hall–Kier alpha value is -1.37. The van der Waals surface area contributed by atoms with E-state index in [1.807, 2.05) is 67.6 Å². The maximum Gasteiger partial charge on any atom is 0.261 e. The number of benzene rings is 2. The SMILES string of the molecule is CCCOP(=O)(c1ccccc1)c1ccccc1. The van der Waals surface area contributed by atoms with E-state index in [4.69, 9.17) is 4.52 Å². The third-order valence-corrected chi connectivity index (χ3v) is 5.17. The van der Waals surface area contributed by atoms with Crippen molar-refractivity contribution < 1.29 is 9.09 Å². The predicted octanol–water partition coefficient (Wildman–Crippen LogP) is 3.34. The first kappa shape index (κ1) is 13.1. The molecule has 0 aliphatic rings. The Kier molecular flexibility index (Phi) is 4.35. The third-order valence-electron chi connectivity index (χ3n) is 2.67. The zero-order valence-electron chi connectivity index (χ0n) is 10.5. The molecule has 94 valence electrons. The van der Waals surface area contributed by atoms with Crippen LogP contribution in [-0.4, -0.2) is 6.61 Å². The van der Waals surface area contributed by atoms with E-state index in [0.29, 0.717) is 6.61 Å². The lowest BCUT2D eigenvalue weighted by atomic mass is 10.4. The molecule has 0 aromatic heterocycles. The molecule has 3 heteroatoms. The summed E-state index contributed by atoms with van der Waals surface area (Å²) in [7, 11) is -2.94. The largest absolute Gasteiger partial charge is 0.322 e.